The number of nitrogens with zero attached hydrogens (tertiary/aromatic N) is 1. The molecule has 1 aromatic rings. The molecule has 1 aromatic carbocycles. The van der Waals surface area contributed by atoms with Gasteiger partial charge in [-0.1, -0.05) is 12.1 Å². The summed E-state index contributed by atoms with van der Waals surface area (Å²) < 4.78 is 5.21. The average Bonchev–Trinajstić information content (AvgIpc) is 2.15. The highest BCUT2D eigenvalue weighted by Crippen LogP contribution is 2.15. The highest BCUT2D eigenvalue weighted by atomic mass is 35.5. The van der Waals surface area contributed by atoms with Crippen LogP contribution >= 0.6 is 12.4 Å². The van der Waals surface area contributed by atoms with E-state index in [1.165, 1.54) is 5.56 Å². The molecular weight excluding hydrogens is 224 g/mol. The van der Waals surface area contributed by atoms with E-state index < -0.39 is 0 Å². The Kier molecular flexibility index (Phi) is 5.06. The molecule has 2 rings (SSSR count). The molecule has 0 spiro atoms. The summed E-state index contributed by atoms with van der Waals surface area (Å²) in [5, 5.41) is 3.28. The molecule has 1 aliphatic rings. The lowest BCUT2D eigenvalue weighted by Crippen LogP contribution is -2.55. The molecule has 0 aliphatic carbocycles. The SMILES string of the molecule is COc1cccc(CN(C)C2CNC2)c1.Cl. The first-order valence-corrected chi connectivity index (χ1v) is 5.33. The normalized spacial score (nSPS) is 15.4. The number of ether oxygens (including phenoxy) is 1. The molecule has 0 unspecified atom stereocenters. The second-order valence-electron chi connectivity index (χ2n) is 4.08. The minimum absolute atomic E-state index is 0. The van der Waals surface area contributed by atoms with Crippen molar-refractivity contribution >= 4 is 12.4 Å². The van der Waals surface area contributed by atoms with Gasteiger partial charge in [-0.2, -0.15) is 0 Å². The Morgan fingerprint density at radius 1 is 1.44 bits per heavy atom. The third-order valence-corrected chi connectivity index (χ3v) is 2.95. The molecule has 0 aromatic heterocycles. The van der Waals surface area contributed by atoms with Crippen LogP contribution in [0.15, 0.2) is 24.3 Å². The molecule has 16 heavy (non-hydrogen) atoms. The molecule has 0 atom stereocenters. The molecule has 1 heterocycles. The summed E-state index contributed by atoms with van der Waals surface area (Å²) in [7, 11) is 3.88. The van der Waals surface area contributed by atoms with Crippen molar-refractivity contribution in [2.45, 2.75) is 12.6 Å². The summed E-state index contributed by atoms with van der Waals surface area (Å²) in [5.41, 5.74) is 1.31. The van der Waals surface area contributed by atoms with Gasteiger partial charge in [0.15, 0.2) is 0 Å². The Morgan fingerprint density at radius 3 is 2.75 bits per heavy atom. The van der Waals surface area contributed by atoms with Crippen LogP contribution < -0.4 is 10.1 Å². The topological polar surface area (TPSA) is 24.5 Å². The molecule has 1 N–H and O–H groups in total. The lowest BCUT2D eigenvalue weighted by molar-refractivity contribution is 0.173. The molecular formula is C12H19ClN2O. The number of rotatable bonds is 4. The zero-order valence-corrected chi connectivity index (χ0v) is 10.6. The molecule has 90 valence electrons. The highest BCUT2D eigenvalue weighted by molar-refractivity contribution is 5.85. The monoisotopic (exact) mass is 242 g/mol. The summed E-state index contributed by atoms with van der Waals surface area (Å²) in [6.45, 7) is 3.21. The van der Waals surface area contributed by atoms with Gasteiger partial charge >= 0.3 is 0 Å². The number of likely N-dealkylation sites (N-methyl/N-ethyl adjacent to an activating group) is 1. The lowest BCUT2D eigenvalue weighted by Gasteiger charge is -2.35. The van der Waals surface area contributed by atoms with E-state index in [1.54, 1.807) is 7.11 Å². The summed E-state index contributed by atoms with van der Waals surface area (Å²) in [6.07, 6.45) is 0. The quantitative estimate of drug-likeness (QED) is 0.867. The second kappa shape index (κ2) is 6.09. The molecule has 0 saturated carbocycles. The minimum atomic E-state index is 0. The third kappa shape index (κ3) is 3.11. The van der Waals surface area contributed by atoms with Gasteiger partial charge in [0.05, 0.1) is 7.11 Å². The standard InChI is InChI=1S/C12H18N2O.ClH/c1-14(11-7-13-8-11)9-10-4-3-5-12(6-10)15-2;/h3-6,11,13H,7-9H2,1-2H3;1H. The van der Waals surface area contributed by atoms with Crippen LogP contribution in [0, 0.1) is 0 Å². The second-order valence-corrected chi connectivity index (χ2v) is 4.08. The number of benzene rings is 1. The number of halogens is 1. The van der Waals surface area contributed by atoms with Crippen molar-refractivity contribution in [3.8, 4) is 5.75 Å². The Balaban J connectivity index is 0.00000128. The third-order valence-electron chi connectivity index (χ3n) is 2.95. The fourth-order valence-corrected chi connectivity index (χ4v) is 1.77. The van der Waals surface area contributed by atoms with Crippen LogP contribution in [-0.4, -0.2) is 38.2 Å². The highest BCUT2D eigenvalue weighted by Gasteiger charge is 2.21. The maximum atomic E-state index is 5.21. The van der Waals surface area contributed by atoms with E-state index in [-0.39, 0.29) is 12.4 Å². The van der Waals surface area contributed by atoms with E-state index >= 15 is 0 Å². The smallest absolute Gasteiger partial charge is 0.119 e. The van der Waals surface area contributed by atoms with Crippen LogP contribution in [0.3, 0.4) is 0 Å². The van der Waals surface area contributed by atoms with Gasteiger partial charge in [0, 0.05) is 25.7 Å². The van der Waals surface area contributed by atoms with E-state index in [2.05, 4.69) is 29.4 Å². The Morgan fingerprint density at radius 2 is 2.19 bits per heavy atom. The number of nitrogens with one attached hydrogen (secondary N) is 1. The van der Waals surface area contributed by atoms with E-state index in [0.29, 0.717) is 6.04 Å². The minimum Gasteiger partial charge on any atom is -0.497 e. The Labute approximate surface area is 103 Å². The van der Waals surface area contributed by atoms with Crippen molar-refractivity contribution in [1.29, 1.82) is 0 Å². The van der Waals surface area contributed by atoms with Gasteiger partial charge in [-0.05, 0) is 24.7 Å². The van der Waals surface area contributed by atoms with Gasteiger partial charge in [0.2, 0.25) is 0 Å². The lowest BCUT2D eigenvalue weighted by atomic mass is 10.1. The van der Waals surface area contributed by atoms with Gasteiger partial charge in [0.1, 0.15) is 5.75 Å². The first-order valence-electron chi connectivity index (χ1n) is 5.33. The zero-order chi connectivity index (χ0) is 10.7. The van der Waals surface area contributed by atoms with Crippen LogP contribution in [0.4, 0.5) is 0 Å². The van der Waals surface area contributed by atoms with Gasteiger partial charge in [-0.3, -0.25) is 4.90 Å². The largest absolute Gasteiger partial charge is 0.497 e. The van der Waals surface area contributed by atoms with Crippen LogP contribution in [0.25, 0.3) is 0 Å². The van der Waals surface area contributed by atoms with Crippen molar-refractivity contribution in [3.63, 3.8) is 0 Å². The van der Waals surface area contributed by atoms with E-state index in [0.717, 1.165) is 25.4 Å². The summed E-state index contributed by atoms with van der Waals surface area (Å²) >= 11 is 0. The molecule has 4 heteroatoms. The molecule has 0 bridgehead atoms. The van der Waals surface area contributed by atoms with Crippen molar-refractivity contribution in [3.05, 3.63) is 29.8 Å². The molecule has 0 radical (unpaired) electrons. The van der Waals surface area contributed by atoms with E-state index in [1.807, 2.05) is 12.1 Å². The van der Waals surface area contributed by atoms with Gasteiger partial charge in [0.25, 0.3) is 0 Å². The van der Waals surface area contributed by atoms with Crippen LogP contribution in [-0.2, 0) is 6.54 Å². The zero-order valence-electron chi connectivity index (χ0n) is 9.77. The van der Waals surface area contributed by atoms with Crippen molar-refractivity contribution in [2.75, 3.05) is 27.2 Å². The predicted molar refractivity (Wildman–Crippen MR) is 68.4 cm³/mol. The number of hydrogen-bond donors (Lipinski definition) is 1. The molecule has 1 aliphatic heterocycles. The Bertz CT molecular complexity index is 329. The Hall–Kier alpha value is -0.770. The van der Waals surface area contributed by atoms with Gasteiger partial charge in [-0.15, -0.1) is 12.4 Å². The molecule has 1 fully saturated rings. The first kappa shape index (κ1) is 13.3. The number of methoxy groups -OCH3 is 1. The summed E-state index contributed by atoms with van der Waals surface area (Å²) in [5.74, 6) is 0.938. The van der Waals surface area contributed by atoms with Gasteiger partial charge < -0.3 is 10.1 Å². The van der Waals surface area contributed by atoms with E-state index in [9.17, 15) is 0 Å². The molecule has 3 nitrogen and oxygen atoms in total. The van der Waals surface area contributed by atoms with Crippen molar-refractivity contribution in [2.24, 2.45) is 0 Å². The molecule has 1 saturated heterocycles. The van der Waals surface area contributed by atoms with Crippen molar-refractivity contribution < 1.29 is 4.74 Å². The van der Waals surface area contributed by atoms with Crippen LogP contribution in [0.5, 0.6) is 5.75 Å². The fraction of sp³-hybridized carbons (Fsp3) is 0.500. The van der Waals surface area contributed by atoms with Gasteiger partial charge in [-0.25, -0.2) is 0 Å². The summed E-state index contributed by atoms with van der Waals surface area (Å²) in [6, 6.07) is 8.96. The maximum absolute atomic E-state index is 5.21. The maximum Gasteiger partial charge on any atom is 0.119 e. The number of hydrogen-bond acceptors (Lipinski definition) is 3. The summed E-state index contributed by atoms with van der Waals surface area (Å²) in [4.78, 5) is 2.38. The first-order chi connectivity index (χ1) is 7.29. The van der Waals surface area contributed by atoms with Crippen molar-refractivity contribution in [1.82, 2.24) is 10.2 Å². The van der Waals surface area contributed by atoms with E-state index in [4.69, 9.17) is 4.74 Å². The predicted octanol–water partition coefficient (Wildman–Crippen LogP) is 1.52. The van der Waals surface area contributed by atoms with Crippen LogP contribution in [0.2, 0.25) is 0 Å². The average molecular weight is 243 g/mol. The molecule has 0 amide bonds. The fourth-order valence-electron chi connectivity index (χ4n) is 1.77. The van der Waals surface area contributed by atoms with Crippen LogP contribution in [0.1, 0.15) is 5.56 Å².